The van der Waals surface area contributed by atoms with Gasteiger partial charge in [0.05, 0.1) is 0 Å². The predicted octanol–water partition coefficient (Wildman–Crippen LogP) is 7.08. The van der Waals surface area contributed by atoms with E-state index in [1.54, 1.807) is 13.0 Å². The van der Waals surface area contributed by atoms with E-state index in [-0.39, 0.29) is 0 Å². The zero-order chi connectivity index (χ0) is 19.6. The van der Waals surface area contributed by atoms with Gasteiger partial charge in [0.15, 0.2) is 0 Å². The van der Waals surface area contributed by atoms with E-state index in [9.17, 15) is 4.79 Å². The Bertz CT molecular complexity index is 688. The van der Waals surface area contributed by atoms with Gasteiger partial charge >= 0.3 is 0 Å². The van der Waals surface area contributed by atoms with E-state index in [4.69, 9.17) is 0 Å². The van der Waals surface area contributed by atoms with Gasteiger partial charge in [0.1, 0.15) is 6.29 Å². The molecule has 0 radical (unpaired) electrons. The van der Waals surface area contributed by atoms with Crippen molar-refractivity contribution in [1.29, 1.82) is 0 Å². The van der Waals surface area contributed by atoms with Crippen LogP contribution in [0.5, 0.6) is 0 Å². The number of carbonyl (C=O) groups excluding carboxylic acids is 1. The lowest BCUT2D eigenvalue weighted by Crippen LogP contribution is -2.26. The van der Waals surface area contributed by atoms with E-state index in [2.05, 4.69) is 71.1 Å². The first-order valence-corrected chi connectivity index (χ1v) is 9.43. The van der Waals surface area contributed by atoms with Crippen LogP contribution < -0.4 is 0 Å². The van der Waals surface area contributed by atoms with Crippen LogP contribution in [0.25, 0.3) is 0 Å². The van der Waals surface area contributed by atoms with Crippen molar-refractivity contribution in [2.45, 2.75) is 54.4 Å². The van der Waals surface area contributed by atoms with E-state index in [1.807, 2.05) is 18.2 Å². The summed E-state index contributed by atoms with van der Waals surface area (Å²) in [4.78, 5) is 10.5. The average Bonchev–Trinajstić information content (AvgIpc) is 2.57. The van der Waals surface area contributed by atoms with Crippen molar-refractivity contribution < 1.29 is 4.79 Å². The fourth-order valence-corrected chi connectivity index (χ4v) is 3.15. The molecule has 0 aromatic rings. The molecule has 0 aromatic carbocycles. The van der Waals surface area contributed by atoms with Crippen LogP contribution in [0.3, 0.4) is 0 Å². The highest BCUT2D eigenvalue weighted by atomic mass is 16.1. The summed E-state index contributed by atoms with van der Waals surface area (Å²) in [5.41, 5.74) is 4.97. The lowest BCUT2D eigenvalue weighted by atomic mass is 9.68. The Labute approximate surface area is 160 Å². The molecule has 0 saturated heterocycles. The highest BCUT2D eigenvalue weighted by molar-refractivity contribution is 5.72. The van der Waals surface area contributed by atoms with Gasteiger partial charge < -0.3 is 0 Å². The van der Waals surface area contributed by atoms with Crippen molar-refractivity contribution in [2.24, 2.45) is 11.3 Å². The standard InChI is InChI=1S/C25H34O/c1-20(11-7-8-12-22(3)19-26)13-9-14-21(2)16-17-24-23(4)15-10-18-25(24,5)6/h7-9,11-17,19,24H,10,18H2,1-6H3. The van der Waals surface area contributed by atoms with Gasteiger partial charge in [-0.05, 0) is 51.5 Å². The van der Waals surface area contributed by atoms with E-state index < -0.39 is 0 Å². The molecule has 1 aliphatic carbocycles. The summed E-state index contributed by atoms with van der Waals surface area (Å²) in [5, 5.41) is 0. The van der Waals surface area contributed by atoms with E-state index in [0.717, 1.165) is 11.9 Å². The van der Waals surface area contributed by atoms with Crippen molar-refractivity contribution in [2.75, 3.05) is 0 Å². The van der Waals surface area contributed by atoms with E-state index >= 15 is 0 Å². The lowest BCUT2D eigenvalue weighted by molar-refractivity contribution is -0.104. The molecule has 140 valence electrons. The average molecular weight is 351 g/mol. The molecule has 1 heteroatoms. The summed E-state index contributed by atoms with van der Waals surface area (Å²) in [7, 11) is 0. The summed E-state index contributed by atoms with van der Waals surface area (Å²) in [6.07, 6.45) is 24.3. The Morgan fingerprint density at radius 1 is 0.962 bits per heavy atom. The van der Waals surface area contributed by atoms with Gasteiger partial charge in [-0.3, -0.25) is 4.79 Å². The summed E-state index contributed by atoms with van der Waals surface area (Å²) in [6.45, 7) is 13.0. The molecular weight excluding hydrogens is 316 g/mol. The molecule has 0 bridgehead atoms. The van der Waals surface area contributed by atoms with Crippen molar-refractivity contribution in [3.05, 3.63) is 83.1 Å². The highest BCUT2D eigenvalue weighted by Crippen LogP contribution is 2.41. The molecule has 26 heavy (non-hydrogen) atoms. The number of aldehydes is 1. The molecule has 0 N–H and O–H groups in total. The van der Waals surface area contributed by atoms with Crippen molar-refractivity contribution in [1.82, 2.24) is 0 Å². The van der Waals surface area contributed by atoms with Crippen LogP contribution in [0.15, 0.2) is 83.1 Å². The maximum atomic E-state index is 10.5. The van der Waals surface area contributed by atoms with Crippen LogP contribution >= 0.6 is 0 Å². The molecule has 0 fully saturated rings. The first-order chi connectivity index (χ1) is 12.3. The van der Waals surface area contributed by atoms with Gasteiger partial charge in [0.2, 0.25) is 0 Å². The van der Waals surface area contributed by atoms with Crippen molar-refractivity contribution in [3.63, 3.8) is 0 Å². The third-order valence-corrected chi connectivity index (χ3v) is 4.87. The molecule has 1 unspecified atom stereocenters. The monoisotopic (exact) mass is 350 g/mol. The number of hydrogen-bond acceptors (Lipinski definition) is 1. The van der Waals surface area contributed by atoms with E-state index in [1.165, 1.54) is 29.6 Å². The molecule has 0 aliphatic heterocycles. The molecule has 1 aliphatic rings. The predicted molar refractivity (Wildman–Crippen MR) is 115 cm³/mol. The minimum absolute atomic E-state index is 0.341. The zero-order valence-corrected chi connectivity index (χ0v) is 17.3. The largest absolute Gasteiger partial charge is 0.298 e. The Morgan fingerprint density at radius 3 is 2.15 bits per heavy atom. The van der Waals surface area contributed by atoms with Crippen LogP contribution in [-0.4, -0.2) is 6.29 Å². The maximum Gasteiger partial charge on any atom is 0.145 e. The summed E-state index contributed by atoms with van der Waals surface area (Å²) in [6, 6.07) is 0. The maximum absolute atomic E-state index is 10.5. The number of allylic oxidation sites excluding steroid dienone is 14. The smallest absolute Gasteiger partial charge is 0.145 e. The Kier molecular flexibility index (Phi) is 9.05. The van der Waals surface area contributed by atoms with Crippen LogP contribution in [0.4, 0.5) is 0 Å². The molecule has 1 atom stereocenters. The Balaban J connectivity index is 2.67. The fourth-order valence-electron chi connectivity index (χ4n) is 3.15. The van der Waals surface area contributed by atoms with Crippen molar-refractivity contribution in [3.8, 4) is 0 Å². The van der Waals surface area contributed by atoms with Crippen LogP contribution in [0.1, 0.15) is 54.4 Å². The second-order valence-corrected chi connectivity index (χ2v) is 7.91. The Morgan fingerprint density at radius 2 is 1.54 bits per heavy atom. The minimum Gasteiger partial charge on any atom is -0.298 e. The van der Waals surface area contributed by atoms with Crippen molar-refractivity contribution >= 4 is 6.29 Å². The minimum atomic E-state index is 0.341. The molecule has 0 spiro atoms. The first kappa shape index (κ1) is 21.9. The molecule has 0 saturated carbocycles. The lowest BCUT2D eigenvalue weighted by Gasteiger charge is -2.36. The van der Waals surface area contributed by atoms with Gasteiger partial charge in [-0.15, -0.1) is 0 Å². The molecule has 0 amide bonds. The number of hydrogen-bond donors (Lipinski definition) is 0. The van der Waals surface area contributed by atoms with Gasteiger partial charge in [-0.25, -0.2) is 0 Å². The van der Waals surface area contributed by atoms with Gasteiger partial charge in [-0.1, -0.05) is 91.3 Å². The van der Waals surface area contributed by atoms with Gasteiger partial charge in [-0.2, -0.15) is 0 Å². The second-order valence-electron chi connectivity index (χ2n) is 7.91. The van der Waals surface area contributed by atoms with Crippen LogP contribution in [0.2, 0.25) is 0 Å². The van der Waals surface area contributed by atoms with Crippen LogP contribution in [-0.2, 0) is 4.79 Å². The number of rotatable bonds is 7. The van der Waals surface area contributed by atoms with E-state index in [0.29, 0.717) is 11.3 Å². The third-order valence-electron chi connectivity index (χ3n) is 4.87. The summed E-state index contributed by atoms with van der Waals surface area (Å²) >= 11 is 0. The third kappa shape index (κ3) is 7.82. The number of carbonyl (C=O) groups is 1. The SMILES string of the molecule is CC(C=O)=CC=CC=C(C)C=CC=C(C)C=CC1C(C)=CCCC1(C)C. The summed E-state index contributed by atoms with van der Waals surface area (Å²) < 4.78 is 0. The molecule has 1 rings (SSSR count). The normalized spacial score (nSPS) is 22.5. The quantitative estimate of drug-likeness (QED) is 0.207. The topological polar surface area (TPSA) is 17.1 Å². The second kappa shape index (κ2) is 10.8. The Hall–Kier alpha value is -2.15. The molecular formula is C25H34O. The first-order valence-electron chi connectivity index (χ1n) is 9.43. The molecule has 1 nitrogen and oxygen atoms in total. The molecule has 0 aromatic heterocycles. The summed E-state index contributed by atoms with van der Waals surface area (Å²) in [5.74, 6) is 0.526. The van der Waals surface area contributed by atoms with Gasteiger partial charge in [0, 0.05) is 5.92 Å². The van der Waals surface area contributed by atoms with Crippen LogP contribution in [0, 0.1) is 11.3 Å². The molecule has 0 heterocycles. The van der Waals surface area contributed by atoms with Gasteiger partial charge in [0.25, 0.3) is 0 Å². The zero-order valence-electron chi connectivity index (χ0n) is 17.3. The highest BCUT2D eigenvalue weighted by Gasteiger charge is 2.30. The fraction of sp³-hybridized carbons (Fsp3) is 0.400.